The maximum atomic E-state index is 12.6. The first-order valence-electron chi connectivity index (χ1n) is 7.89. The van der Waals surface area contributed by atoms with Crippen molar-refractivity contribution in [2.75, 3.05) is 13.6 Å². The fraction of sp³-hybridized carbons (Fsp3) is 0.938. The molecular formula is C16H30N2O. The number of rotatable bonds is 2. The zero-order valence-corrected chi connectivity index (χ0v) is 13.0. The van der Waals surface area contributed by atoms with Crippen LogP contribution in [0.3, 0.4) is 0 Å². The number of carbonyl (C=O) groups is 1. The van der Waals surface area contributed by atoms with Crippen LogP contribution in [0.2, 0.25) is 0 Å². The van der Waals surface area contributed by atoms with Gasteiger partial charge in [-0.25, -0.2) is 0 Å². The number of hydrogen-bond donors (Lipinski definition) is 1. The molecule has 1 aliphatic carbocycles. The fourth-order valence-electron chi connectivity index (χ4n) is 3.45. The van der Waals surface area contributed by atoms with E-state index < -0.39 is 0 Å². The van der Waals surface area contributed by atoms with Gasteiger partial charge in [0.25, 0.3) is 0 Å². The molecule has 3 heteroatoms. The van der Waals surface area contributed by atoms with Gasteiger partial charge in [0.2, 0.25) is 5.91 Å². The molecule has 0 bridgehead atoms. The molecule has 3 nitrogen and oxygen atoms in total. The molecule has 1 heterocycles. The Bertz CT molecular complexity index is 309. The lowest BCUT2D eigenvalue weighted by atomic mass is 9.75. The Morgan fingerprint density at radius 2 is 1.79 bits per heavy atom. The van der Waals surface area contributed by atoms with Gasteiger partial charge in [-0.1, -0.05) is 13.8 Å². The van der Waals surface area contributed by atoms with Crippen LogP contribution in [-0.2, 0) is 4.79 Å². The molecule has 2 rings (SSSR count). The summed E-state index contributed by atoms with van der Waals surface area (Å²) in [5.41, 5.74) is 0.474. The van der Waals surface area contributed by atoms with Crippen LogP contribution in [0.4, 0.5) is 0 Å². The van der Waals surface area contributed by atoms with Crippen molar-refractivity contribution in [1.82, 2.24) is 10.2 Å². The summed E-state index contributed by atoms with van der Waals surface area (Å²) in [5, 5.41) is 3.44. The predicted octanol–water partition coefficient (Wildman–Crippen LogP) is 2.80. The van der Waals surface area contributed by atoms with Gasteiger partial charge in [-0.15, -0.1) is 0 Å². The lowest BCUT2D eigenvalue weighted by molar-refractivity contribution is -0.138. The summed E-state index contributed by atoms with van der Waals surface area (Å²) in [4.78, 5) is 14.6. The van der Waals surface area contributed by atoms with Gasteiger partial charge in [-0.3, -0.25) is 4.79 Å². The molecule has 19 heavy (non-hydrogen) atoms. The summed E-state index contributed by atoms with van der Waals surface area (Å²) >= 11 is 0. The van der Waals surface area contributed by atoms with E-state index in [1.807, 2.05) is 7.05 Å². The minimum absolute atomic E-state index is 0.205. The predicted molar refractivity (Wildman–Crippen MR) is 79.0 cm³/mol. The molecule has 2 aliphatic rings. The maximum absolute atomic E-state index is 12.6. The van der Waals surface area contributed by atoms with Gasteiger partial charge in [0.05, 0.1) is 5.92 Å². The topological polar surface area (TPSA) is 32.3 Å². The Morgan fingerprint density at radius 3 is 2.32 bits per heavy atom. The molecule has 1 aliphatic heterocycles. The van der Waals surface area contributed by atoms with Crippen LogP contribution in [-0.4, -0.2) is 36.5 Å². The minimum atomic E-state index is 0.205. The molecule has 0 aromatic carbocycles. The van der Waals surface area contributed by atoms with Crippen LogP contribution in [0.1, 0.15) is 59.3 Å². The minimum Gasteiger partial charge on any atom is -0.342 e. The van der Waals surface area contributed by atoms with Crippen molar-refractivity contribution >= 4 is 5.91 Å². The van der Waals surface area contributed by atoms with Crippen molar-refractivity contribution < 1.29 is 4.79 Å². The highest BCUT2D eigenvalue weighted by Gasteiger charge is 2.33. The molecule has 110 valence electrons. The van der Waals surface area contributed by atoms with E-state index >= 15 is 0 Å². The number of nitrogens with zero attached hydrogens (tertiary/aromatic N) is 1. The van der Waals surface area contributed by atoms with E-state index in [1.165, 1.54) is 25.7 Å². The zero-order chi connectivity index (χ0) is 14.0. The average molecular weight is 266 g/mol. The second-order valence-corrected chi connectivity index (χ2v) is 7.43. The van der Waals surface area contributed by atoms with Crippen LogP contribution >= 0.6 is 0 Å². The molecule has 2 fully saturated rings. The van der Waals surface area contributed by atoms with E-state index in [0.29, 0.717) is 23.4 Å². The van der Waals surface area contributed by atoms with Crippen LogP contribution < -0.4 is 5.32 Å². The van der Waals surface area contributed by atoms with E-state index in [1.54, 1.807) is 0 Å². The van der Waals surface area contributed by atoms with E-state index in [0.717, 1.165) is 19.4 Å². The number of amides is 1. The summed E-state index contributed by atoms with van der Waals surface area (Å²) in [6.07, 6.45) is 7.01. The highest BCUT2D eigenvalue weighted by Crippen LogP contribution is 2.37. The molecular weight excluding hydrogens is 236 g/mol. The lowest BCUT2D eigenvalue weighted by Crippen LogP contribution is -2.48. The lowest BCUT2D eigenvalue weighted by Gasteiger charge is -2.40. The second-order valence-electron chi connectivity index (χ2n) is 7.43. The van der Waals surface area contributed by atoms with Gasteiger partial charge in [-0.2, -0.15) is 0 Å². The van der Waals surface area contributed by atoms with E-state index in [2.05, 4.69) is 31.0 Å². The van der Waals surface area contributed by atoms with Crippen molar-refractivity contribution in [2.24, 2.45) is 11.3 Å². The van der Waals surface area contributed by atoms with Gasteiger partial charge >= 0.3 is 0 Å². The highest BCUT2D eigenvalue weighted by atomic mass is 16.2. The number of hydrogen-bond acceptors (Lipinski definition) is 2. The first-order chi connectivity index (χ1) is 8.89. The van der Waals surface area contributed by atoms with Crippen molar-refractivity contribution in [3.05, 3.63) is 0 Å². The van der Waals surface area contributed by atoms with Crippen LogP contribution in [0.25, 0.3) is 0 Å². The van der Waals surface area contributed by atoms with Crippen molar-refractivity contribution in [1.29, 1.82) is 0 Å². The Balaban J connectivity index is 1.86. The summed E-state index contributed by atoms with van der Waals surface area (Å²) in [7, 11) is 2.02. The van der Waals surface area contributed by atoms with E-state index in [9.17, 15) is 4.79 Å². The summed E-state index contributed by atoms with van der Waals surface area (Å²) in [5.74, 6) is 0.570. The van der Waals surface area contributed by atoms with Crippen molar-refractivity contribution in [3.8, 4) is 0 Å². The first-order valence-corrected chi connectivity index (χ1v) is 7.89. The molecule has 2 atom stereocenters. The molecule has 0 radical (unpaired) electrons. The number of carbonyl (C=O) groups excluding carboxylic acids is 1. The van der Waals surface area contributed by atoms with Gasteiger partial charge in [0.1, 0.15) is 0 Å². The Morgan fingerprint density at radius 1 is 1.16 bits per heavy atom. The molecule has 1 saturated carbocycles. The Kier molecular flexibility index (Phi) is 4.54. The van der Waals surface area contributed by atoms with Gasteiger partial charge in [0.15, 0.2) is 0 Å². The molecule has 1 saturated heterocycles. The average Bonchev–Trinajstić information content (AvgIpc) is 2.38. The summed E-state index contributed by atoms with van der Waals surface area (Å²) in [6, 6.07) is 1.05. The monoisotopic (exact) mass is 266 g/mol. The summed E-state index contributed by atoms with van der Waals surface area (Å²) < 4.78 is 0. The largest absolute Gasteiger partial charge is 0.342 e. The molecule has 1 N–H and O–H groups in total. The zero-order valence-electron chi connectivity index (χ0n) is 13.0. The SMILES string of the molecule is CC1CCC(C(=O)N(C)C2CCC(C)(C)CC2)CN1. The quantitative estimate of drug-likeness (QED) is 0.833. The molecule has 2 unspecified atom stereocenters. The van der Waals surface area contributed by atoms with Gasteiger partial charge in [0, 0.05) is 25.7 Å². The highest BCUT2D eigenvalue weighted by molar-refractivity contribution is 5.79. The first kappa shape index (κ1) is 14.8. The maximum Gasteiger partial charge on any atom is 0.226 e. The Hall–Kier alpha value is -0.570. The Labute approximate surface area is 118 Å². The third-order valence-electron chi connectivity index (χ3n) is 5.21. The third kappa shape index (κ3) is 3.71. The van der Waals surface area contributed by atoms with Crippen molar-refractivity contribution in [2.45, 2.75) is 71.4 Å². The number of nitrogens with one attached hydrogen (secondary N) is 1. The molecule has 0 spiro atoms. The normalized spacial score (nSPS) is 32.0. The fourth-order valence-corrected chi connectivity index (χ4v) is 3.45. The standard InChI is InChI=1S/C16H30N2O/c1-12-5-6-13(11-17-12)15(19)18(4)14-7-9-16(2,3)10-8-14/h12-14,17H,5-11H2,1-4H3. The van der Waals surface area contributed by atoms with E-state index in [-0.39, 0.29) is 5.92 Å². The third-order valence-corrected chi connectivity index (χ3v) is 5.21. The van der Waals surface area contributed by atoms with Gasteiger partial charge < -0.3 is 10.2 Å². The van der Waals surface area contributed by atoms with E-state index in [4.69, 9.17) is 0 Å². The van der Waals surface area contributed by atoms with Crippen LogP contribution in [0, 0.1) is 11.3 Å². The van der Waals surface area contributed by atoms with Crippen molar-refractivity contribution in [3.63, 3.8) is 0 Å². The smallest absolute Gasteiger partial charge is 0.226 e. The second kappa shape index (κ2) is 5.82. The summed E-state index contributed by atoms with van der Waals surface area (Å²) in [6.45, 7) is 7.76. The van der Waals surface area contributed by atoms with Gasteiger partial charge in [-0.05, 0) is 50.9 Å². The number of piperidine rings is 1. The molecule has 0 aromatic heterocycles. The van der Waals surface area contributed by atoms with Crippen LogP contribution in [0.5, 0.6) is 0 Å². The van der Waals surface area contributed by atoms with Crippen LogP contribution in [0.15, 0.2) is 0 Å². The molecule has 0 aromatic rings. The molecule has 1 amide bonds.